The Hall–Kier alpha value is -1.11. The molecule has 5 heteroatoms. The first-order valence-corrected chi connectivity index (χ1v) is 6.77. The van der Waals surface area contributed by atoms with Crippen LogP contribution in [0.4, 0.5) is 0 Å². The summed E-state index contributed by atoms with van der Waals surface area (Å²) in [5, 5.41) is 2.68. The van der Waals surface area contributed by atoms with Gasteiger partial charge in [0.1, 0.15) is 6.04 Å². The van der Waals surface area contributed by atoms with E-state index in [9.17, 15) is 9.59 Å². The predicted molar refractivity (Wildman–Crippen MR) is 79.2 cm³/mol. The van der Waals surface area contributed by atoms with Crippen LogP contribution in [0.2, 0.25) is 0 Å². The van der Waals surface area contributed by atoms with Crippen molar-refractivity contribution in [3.63, 3.8) is 0 Å². The van der Waals surface area contributed by atoms with Gasteiger partial charge in [-0.25, -0.2) is 0 Å². The number of hydrogen-bond acceptors (Lipinski definition) is 2. The van der Waals surface area contributed by atoms with E-state index in [0.29, 0.717) is 5.56 Å². The molecule has 0 aromatic heterocycles. The van der Waals surface area contributed by atoms with Gasteiger partial charge in [-0.05, 0) is 47.1 Å². The van der Waals surface area contributed by atoms with E-state index in [1.807, 2.05) is 32.9 Å². The van der Waals surface area contributed by atoms with E-state index in [2.05, 4.69) is 27.9 Å². The molecule has 3 N–H and O–H groups in total. The number of halogens is 1. The first kappa shape index (κ1) is 14.9. The molecule has 1 unspecified atom stereocenters. The van der Waals surface area contributed by atoms with Gasteiger partial charge in [-0.2, -0.15) is 0 Å². The average Bonchev–Trinajstić information content (AvgIpc) is 2.28. The van der Waals surface area contributed by atoms with Crippen molar-refractivity contribution in [2.24, 2.45) is 11.7 Å². The first-order valence-electron chi connectivity index (χ1n) is 5.70. The molecule has 18 heavy (non-hydrogen) atoms. The van der Waals surface area contributed by atoms with Crippen LogP contribution in [0.15, 0.2) is 18.2 Å². The smallest absolute Gasteiger partial charge is 0.253 e. The fourth-order valence-corrected chi connectivity index (χ4v) is 2.21. The zero-order valence-electron chi connectivity index (χ0n) is 10.7. The largest absolute Gasteiger partial charge is 0.368 e. The maximum absolute atomic E-state index is 12.1. The highest BCUT2D eigenvalue weighted by molar-refractivity contribution is 14.1. The standard InChI is InChI=1S/C13H17IN2O2/c1-7(2)11(12(15)17)16-13(18)9-6-4-5-8(3)10(9)14/h4-7,11H,1-3H3,(H2,15,17)(H,16,18). The van der Waals surface area contributed by atoms with Crippen LogP contribution in [0.1, 0.15) is 29.8 Å². The van der Waals surface area contributed by atoms with E-state index in [0.717, 1.165) is 9.13 Å². The number of carbonyl (C=O) groups is 2. The lowest BCUT2D eigenvalue weighted by Gasteiger charge is -2.19. The van der Waals surface area contributed by atoms with Crippen molar-refractivity contribution in [2.75, 3.05) is 0 Å². The van der Waals surface area contributed by atoms with Crippen molar-refractivity contribution in [1.82, 2.24) is 5.32 Å². The topological polar surface area (TPSA) is 72.2 Å². The summed E-state index contributed by atoms with van der Waals surface area (Å²) in [5.74, 6) is -0.810. The highest BCUT2D eigenvalue weighted by atomic mass is 127. The number of aryl methyl sites for hydroxylation is 1. The fraction of sp³-hybridized carbons (Fsp3) is 0.385. The number of carbonyl (C=O) groups excluding carboxylic acids is 2. The average molecular weight is 360 g/mol. The minimum atomic E-state index is -0.645. The molecule has 0 radical (unpaired) electrons. The Morgan fingerprint density at radius 3 is 2.44 bits per heavy atom. The second kappa shape index (κ2) is 6.17. The van der Waals surface area contributed by atoms with Crippen LogP contribution in [0, 0.1) is 16.4 Å². The lowest BCUT2D eigenvalue weighted by Crippen LogP contribution is -2.47. The van der Waals surface area contributed by atoms with E-state index >= 15 is 0 Å². The zero-order chi connectivity index (χ0) is 13.9. The molecule has 4 nitrogen and oxygen atoms in total. The monoisotopic (exact) mass is 360 g/mol. The van der Waals surface area contributed by atoms with Gasteiger partial charge < -0.3 is 11.1 Å². The van der Waals surface area contributed by atoms with E-state index in [-0.39, 0.29) is 11.8 Å². The first-order chi connectivity index (χ1) is 8.34. The molecule has 0 saturated heterocycles. The third-order valence-corrected chi connectivity index (χ3v) is 4.13. The lowest BCUT2D eigenvalue weighted by molar-refractivity contribution is -0.120. The van der Waals surface area contributed by atoms with E-state index in [1.165, 1.54) is 0 Å². The summed E-state index contributed by atoms with van der Waals surface area (Å²) < 4.78 is 0.888. The van der Waals surface area contributed by atoms with Gasteiger partial charge in [-0.15, -0.1) is 0 Å². The molecular formula is C13H17IN2O2. The van der Waals surface area contributed by atoms with Gasteiger partial charge in [0.05, 0.1) is 5.56 Å². The summed E-state index contributed by atoms with van der Waals surface area (Å²) in [4.78, 5) is 23.4. The van der Waals surface area contributed by atoms with Crippen molar-refractivity contribution in [3.8, 4) is 0 Å². The van der Waals surface area contributed by atoms with Crippen LogP contribution in [0.25, 0.3) is 0 Å². The summed E-state index contributed by atoms with van der Waals surface area (Å²) >= 11 is 2.12. The Morgan fingerprint density at radius 1 is 1.33 bits per heavy atom. The third-order valence-electron chi connectivity index (χ3n) is 2.70. The van der Waals surface area contributed by atoms with E-state index in [4.69, 9.17) is 5.73 Å². The van der Waals surface area contributed by atoms with Gasteiger partial charge >= 0.3 is 0 Å². The number of benzene rings is 1. The number of amides is 2. The Morgan fingerprint density at radius 2 is 1.94 bits per heavy atom. The Kier molecular flexibility index (Phi) is 5.13. The van der Waals surface area contributed by atoms with Crippen molar-refractivity contribution in [2.45, 2.75) is 26.8 Å². The summed E-state index contributed by atoms with van der Waals surface area (Å²) in [6.07, 6.45) is 0. The molecule has 98 valence electrons. The van der Waals surface area contributed by atoms with Gasteiger partial charge in [0, 0.05) is 3.57 Å². The second-order valence-corrected chi connectivity index (χ2v) is 5.61. The molecule has 0 aliphatic heterocycles. The van der Waals surface area contributed by atoms with Gasteiger partial charge in [0.25, 0.3) is 5.91 Å². The molecule has 0 heterocycles. The van der Waals surface area contributed by atoms with E-state index < -0.39 is 11.9 Å². The van der Waals surface area contributed by atoms with Crippen molar-refractivity contribution >= 4 is 34.4 Å². The molecule has 0 fully saturated rings. The van der Waals surface area contributed by atoms with Crippen LogP contribution in [-0.4, -0.2) is 17.9 Å². The molecule has 0 saturated carbocycles. The number of primary amides is 1. The molecule has 1 rings (SSSR count). The van der Waals surface area contributed by atoms with E-state index in [1.54, 1.807) is 6.07 Å². The molecule has 1 atom stereocenters. The fourth-order valence-electron chi connectivity index (χ4n) is 1.61. The molecule has 0 spiro atoms. The van der Waals surface area contributed by atoms with Crippen molar-refractivity contribution < 1.29 is 9.59 Å². The minimum absolute atomic E-state index is 0.0334. The maximum Gasteiger partial charge on any atom is 0.253 e. The molecule has 1 aromatic carbocycles. The quantitative estimate of drug-likeness (QED) is 0.805. The molecule has 0 aliphatic carbocycles. The summed E-state index contributed by atoms with van der Waals surface area (Å²) in [5.41, 5.74) is 6.88. The summed E-state index contributed by atoms with van der Waals surface area (Å²) in [7, 11) is 0. The number of nitrogens with one attached hydrogen (secondary N) is 1. The van der Waals surface area contributed by atoms with Gasteiger partial charge in [-0.1, -0.05) is 26.0 Å². The maximum atomic E-state index is 12.1. The Labute approximate surface area is 120 Å². The highest BCUT2D eigenvalue weighted by Gasteiger charge is 2.23. The Bertz CT molecular complexity index is 472. The third kappa shape index (κ3) is 3.44. The van der Waals surface area contributed by atoms with Crippen LogP contribution >= 0.6 is 22.6 Å². The van der Waals surface area contributed by atoms with Gasteiger partial charge in [0.15, 0.2) is 0 Å². The molecule has 0 aliphatic rings. The molecular weight excluding hydrogens is 343 g/mol. The van der Waals surface area contributed by atoms with Gasteiger partial charge in [-0.3, -0.25) is 9.59 Å². The molecule has 2 amide bonds. The second-order valence-electron chi connectivity index (χ2n) is 4.53. The zero-order valence-corrected chi connectivity index (χ0v) is 12.8. The number of rotatable bonds is 4. The van der Waals surface area contributed by atoms with Crippen molar-refractivity contribution in [3.05, 3.63) is 32.9 Å². The van der Waals surface area contributed by atoms with Gasteiger partial charge in [0.2, 0.25) is 5.91 Å². The lowest BCUT2D eigenvalue weighted by atomic mass is 10.0. The normalized spacial score (nSPS) is 12.3. The highest BCUT2D eigenvalue weighted by Crippen LogP contribution is 2.17. The summed E-state index contributed by atoms with van der Waals surface area (Å²) in [6, 6.07) is 4.85. The SMILES string of the molecule is Cc1cccc(C(=O)NC(C(N)=O)C(C)C)c1I. The van der Waals surface area contributed by atoms with Crippen LogP contribution < -0.4 is 11.1 Å². The van der Waals surface area contributed by atoms with Crippen LogP contribution in [0.5, 0.6) is 0 Å². The van der Waals surface area contributed by atoms with Crippen LogP contribution in [0.3, 0.4) is 0 Å². The van der Waals surface area contributed by atoms with Crippen molar-refractivity contribution in [1.29, 1.82) is 0 Å². The number of hydrogen-bond donors (Lipinski definition) is 2. The minimum Gasteiger partial charge on any atom is -0.368 e. The predicted octanol–water partition coefficient (Wildman–Crippen LogP) is 1.84. The Balaban J connectivity index is 2.94. The summed E-state index contributed by atoms with van der Waals surface area (Å²) in [6.45, 7) is 5.63. The van der Waals surface area contributed by atoms with Crippen LogP contribution in [-0.2, 0) is 4.79 Å². The number of nitrogens with two attached hydrogens (primary N) is 1. The molecule has 1 aromatic rings. The molecule has 0 bridgehead atoms.